The first-order valence-electron chi connectivity index (χ1n) is 7.67. The molecule has 1 aliphatic heterocycles. The molecule has 4 nitrogen and oxygen atoms in total. The van der Waals surface area contributed by atoms with E-state index in [0.29, 0.717) is 17.5 Å². The van der Waals surface area contributed by atoms with E-state index < -0.39 is 11.4 Å². The maximum absolute atomic E-state index is 14.3. The lowest BCUT2D eigenvalue weighted by Crippen LogP contribution is -2.48. The van der Waals surface area contributed by atoms with Crippen LogP contribution < -0.4 is 5.73 Å². The second-order valence-corrected chi connectivity index (χ2v) is 7.52. The van der Waals surface area contributed by atoms with Gasteiger partial charge in [-0.3, -0.25) is 4.90 Å². The fraction of sp³-hybridized carbons (Fsp3) is 0.625. The lowest BCUT2D eigenvalue weighted by atomic mass is 10.0. The molecule has 0 aromatic heterocycles. The lowest BCUT2D eigenvalue weighted by Gasteiger charge is -2.29. The van der Waals surface area contributed by atoms with Gasteiger partial charge < -0.3 is 15.9 Å². The molecule has 0 spiro atoms. The molecule has 0 saturated carbocycles. The van der Waals surface area contributed by atoms with Crippen molar-refractivity contribution >= 4 is 23.4 Å². The van der Waals surface area contributed by atoms with Crippen molar-refractivity contribution < 1.29 is 14.6 Å². The summed E-state index contributed by atoms with van der Waals surface area (Å²) >= 11 is 6.92. The van der Waals surface area contributed by atoms with Crippen molar-refractivity contribution in [2.75, 3.05) is 19.8 Å². The van der Waals surface area contributed by atoms with Crippen LogP contribution in [0.3, 0.4) is 0 Å². The van der Waals surface area contributed by atoms with E-state index >= 15 is 0 Å². The normalized spacial score (nSPS) is 27.7. The van der Waals surface area contributed by atoms with Gasteiger partial charge in [-0.2, -0.15) is 0 Å². The first-order chi connectivity index (χ1) is 10.9. The smallest absolute Gasteiger partial charge is 0.116 e. The molecule has 4 atom stereocenters. The predicted molar refractivity (Wildman–Crippen MR) is 95.7 cm³/mol. The average Bonchev–Trinajstić information content (AvgIpc) is 2.81. The van der Waals surface area contributed by atoms with Gasteiger partial charge in [-0.25, -0.2) is 4.39 Å². The third-order valence-electron chi connectivity index (χ3n) is 3.70. The van der Waals surface area contributed by atoms with E-state index in [2.05, 4.69) is 13.5 Å². The second-order valence-electron chi connectivity index (χ2n) is 5.71. The Labute approximate surface area is 146 Å². The Morgan fingerprint density at radius 3 is 2.78 bits per heavy atom. The van der Waals surface area contributed by atoms with Crippen LogP contribution in [0.2, 0.25) is 0 Å². The number of aliphatic hydroxyl groups excluding tert-OH is 2. The maximum atomic E-state index is 14.3. The Hall–Kier alpha value is -0.370. The van der Waals surface area contributed by atoms with E-state index in [1.165, 1.54) is 30.0 Å². The van der Waals surface area contributed by atoms with Crippen molar-refractivity contribution in [3.05, 3.63) is 35.7 Å². The molecule has 1 aliphatic rings. The highest BCUT2D eigenvalue weighted by Crippen LogP contribution is 2.38. The van der Waals surface area contributed by atoms with E-state index in [0.717, 1.165) is 12.8 Å². The molecule has 1 rings (SSSR count). The monoisotopic (exact) mass is 364 g/mol. The van der Waals surface area contributed by atoms with E-state index in [1.54, 1.807) is 0 Å². The van der Waals surface area contributed by atoms with Crippen LogP contribution in [0.15, 0.2) is 35.7 Å². The molecular formula is C16H26ClFN2O2S. The van der Waals surface area contributed by atoms with E-state index in [-0.39, 0.29) is 24.4 Å². The first-order valence-corrected chi connectivity index (χ1v) is 8.99. The summed E-state index contributed by atoms with van der Waals surface area (Å²) in [6, 6.07) is 0. The second kappa shape index (κ2) is 10.5. The van der Waals surface area contributed by atoms with Crippen LogP contribution in [0.1, 0.15) is 19.8 Å². The Balaban J connectivity index is 2.73. The van der Waals surface area contributed by atoms with Crippen LogP contribution in [0.4, 0.5) is 4.39 Å². The maximum Gasteiger partial charge on any atom is 0.116 e. The number of halogens is 2. The Bertz CT molecular complexity index is 448. The molecule has 4 N–H and O–H groups in total. The summed E-state index contributed by atoms with van der Waals surface area (Å²) in [5, 5.41) is 18.0. The number of thioether (sulfide) groups is 1. The third-order valence-corrected chi connectivity index (χ3v) is 5.36. The number of allylic oxidation sites excluding steroid dienone is 4. The van der Waals surface area contributed by atoms with Gasteiger partial charge >= 0.3 is 0 Å². The highest BCUT2D eigenvalue weighted by Gasteiger charge is 2.41. The van der Waals surface area contributed by atoms with Gasteiger partial charge in [0.2, 0.25) is 0 Å². The average molecular weight is 365 g/mol. The summed E-state index contributed by atoms with van der Waals surface area (Å²) in [5.41, 5.74) is 6.19. The number of nitrogens with zero attached hydrogens (tertiary/aromatic N) is 1. The zero-order valence-corrected chi connectivity index (χ0v) is 14.9. The molecule has 0 aromatic carbocycles. The van der Waals surface area contributed by atoms with Crippen LogP contribution in [0.25, 0.3) is 0 Å². The quantitative estimate of drug-likeness (QED) is 0.548. The topological polar surface area (TPSA) is 69.7 Å². The van der Waals surface area contributed by atoms with E-state index in [9.17, 15) is 9.50 Å². The summed E-state index contributed by atoms with van der Waals surface area (Å²) in [6.07, 6.45) is 5.43. The van der Waals surface area contributed by atoms with Gasteiger partial charge in [-0.1, -0.05) is 31.2 Å². The SMILES string of the molecule is C=C(Cl)/C=C\C=C(/F)C1S[C@H](CO)N(CC(C)CCCO)C1N. The van der Waals surface area contributed by atoms with Crippen molar-refractivity contribution in [2.24, 2.45) is 11.7 Å². The minimum Gasteiger partial charge on any atom is -0.396 e. The van der Waals surface area contributed by atoms with Crippen LogP contribution in [0.5, 0.6) is 0 Å². The molecule has 1 saturated heterocycles. The molecule has 3 unspecified atom stereocenters. The molecule has 1 fully saturated rings. The largest absolute Gasteiger partial charge is 0.396 e. The number of nitrogens with two attached hydrogens (primary N) is 1. The molecule has 7 heteroatoms. The highest BCUT2D eigenvalue weighted by molar-refractivity contribution is 8.01. The number of aliphatic hydroxyl groups is 2. The zero-order chi connectivity index (χ0) is 17.4. The van der Waals surface area contributed by atoms with E-state index in [1.807, 2.05) is 4.90 Å². The summed E-state index contributed by atoms with van der Waals surface area (Å²) in [4.78, 5) is 1.94. The van der Waals surface area contributed by atoms with Crippen LogP contribution in [0, 0.1) is 5.92 Å². The molecule has 0 aliphatic carbocycles. The van der Waals surface area contributed by atoms with Crippen LogP contribution >= 0.6 is 23.4 Å². The molecule has 0 bridgehead atoms. The molecule has 0 aromatic rings. The van der Waals surface area contributed by atoms with Gasteiger partial charge in [0, 0.05) is 18.2 Å². The fourth-order valence-corrected chi connectivity index (χ4v) is 3.95. The third kappa shape index (κ3) is 6.57. The standard InChI is InChI=1S/C16H26ClFN2O2S/c1-11(5-4-8-21)9-20-14(10-22)23-15(16(20)19)13(18)7-3-6-12(2)17/h3,6-7,11,14-16,21-22H,2,4-5,8-10,19H2,1H3/b6-3-,13-7-/t11?,14-,15?,16?/m1/s1. The number of rotatable bonds is 9. The van der Waals surface area contributed by atoms with Gasteiger partial charge in [0.25, 0.3) is 0 Å². The lowest BCUT2D eigenvalue weighted by molar-refractivity contribution is 0.127. The van der Waals surface area contributed by atoms with Crippen molar-refractivity contribution in [1.29, 1.82) is 0 Å². The van der Waals surface area contributed by atoms with E-state index in [4.69, 9.17) is 22.4 Å². The minimum atomic E-state index is -0.523. The Morgan fingerprint density at radius 2 is 2.22 bits per heavy atom. The van der Waals surface area contributed by atoms with Crippen molar-refractivity contribution in [1.82, 2.24) is 4.90 Å². The number of hydrogen-bond donors (Lipinski definition) is 3. The predicted octanol–water partition coefficient (Wildman–Crippen LogP) is 2.58. The van der Waals surface area contributed by atoms with Gasteiger partial charge in [-0.15, -0.1) is 11.8 Å². The van der Waals surface area contributed by atoms with Crippen LogP contribution in [-0.2, 0) is 0 Å². The van der Waals surface area contributed by atoms with Gasteiger partial charge in [0.15, 0.2) is 0 Å². The van der Waals surface area contributed by atoms with Crippen molar-refractivity contribution in [2.45, 2.75) is 36.6 Å². The van der Waals surface area contributed by atoms with Crippen molar-refractivity contribution in [3.63, 3.8) is 0 Å². The minimum absolute atomic E-state index is 0.0802. The van der Waals surface area contributed by atoms with Gasteiger partial charge in [0.1, 0.15) is 5.83 Å². The summed E-state index contributed by atoms with van der Waals surface area (Å²) in [5.74, 6) is -0.0336. The number of hydrogen-bond acceptors (Lipinski definition) is 5. The molecule has 0 amide bonds. The first kappa shape index (κ1) is 20.7. The molecule has 132 valence electrons. The fourth-order valence-electron chi connectivity index (χ4n) is 2.54. The summed E-state index contributed by atoms with van der Waals surface area (Å²) < 4.78 is 14.3. The molecular weight excluding hydrogens is 339 g/mol. The summed E-state index contributed by atoms with van der Waals surface area (Å²) in [7, 11) is 0. The van der Waals surface area contributed by atoms with Gasteiger partial charge in [0.05, 0.1) is 23.4 Å². The zero-order valence-electron chi connectivity index (χ0n) is 13.4. The summed E-state index contributed by atoms with van der Waals surface area (Å²) in [6.45, 7) is 6.31. The molecule has 0 radical (unpaired) electrons. The Kier molecular flexibility index (Phi) is 9.43. The molecule has 1 heterocycles. The molecule has 23 heavy (non-hydrogen) atoms. The highest BCUT2D eigenvalue weighted by atomic mass is 35.5. The Morgan fingerprint density at radius 1 is 1.52 bits per heavy atom. The van der Waals surface area contributed by atoms with Gasteiger partial charge in [-0.05, 0) is 30.9 Å². The van der Waals surface area contributed by atoms with Crippen LogP contribution in [-0.4, -0.2) is 51.7 Å². The van der Waals surface area contributed by atoms with Crippen molar-refractivity contribution in [3.8, 4) is 0 Å².